The molecule has 0 N–H and O–H groups in total. The van der Waals surface area contributed by atoms with Crippen molar-refractivity contribution in [1.29, 1.82) is 0 Å². The lowest BCUT2D eigenvalue weighted by Gasteiger charge is -2.00. The molecule has 0 aliphatic carbocycles. The summed E-state index contributed by atoms with van der Waals surface area (Å²) in [5.41, 5.74) is 0. The smallest absolute Gasteiger partial charge is 0.315 e. The van der Waals surface area contributed by atoms with Crippen LogP contribution >= 0.6 is 15.9 Å². The molecule has 1 aromatic rings. The summed E-state index contributed by atoms with van der Waals surface area (Å²) >= 11 is 3.02. The van der Waals surface area contributed by atoms with E-state index in [2.05, 4.69) is 36.7 Å². The van der Waals surface area contributed by atoms with E-state index >= 15 is 0 Å². The number of halogens is 3. The molecule has 0 amide bonds. The van der Waals surface area contributed by atoms with E-state index in [0.29, 0.717) is 4.60 Å². The first-order chi connectivity index (χ1) is 5.68. The lowest BCUT2D eigenvalue weighted by molar-refractivity contribution is -0.138. The second-order valence-corrected chi connectivity index (χ2v) is 2.54. The molecule has 0 aromatic carbocycles. The summed E-state index contributed by atoms with van der Waals surface area (Å²) in [6.07, 6.45) is 1.33. The van der Waals surface area contributed by atoms with E-state index in [1.54, 1.807) is 0 Å². The Labute approximate surface area is 75.9 Å². The van der Waals surface area contributed by atoms with Crippen molar-refractivity contribution in [2.45, 2.75) is 13.2 Å². The van der Waals surface area contributed by atoms with E-state index in [-0.39, 0.29) is 12.4 Å². The number of hydrogen-bond donors (Lipinski definition) is 0. The van der Waals surface area contributed by atoms with Crippen molar-refractivity contribution < 1.29 is 13.5 Å². The van der Waals surface area contributed by atoms with Gasteiger partial charge in [-0.15, -0.1) is 0 Å². The summed E-state index contributed by atoms with van der Waals surface area (Å²) < 4.78 is 27.5. The molecule has 6 heteroatoms. The fourth-order valence-electron chi connectivity index (χ4n) is 0.542. The quantitative estimate of drug-likeness (QED) is 0.752. The van der Waals surface area contributed by atoms with Crippen LogP contribution in [0.25, 0.3) is 0 Å². The fourth-order valence-corrected chi connectivity index (χ4v) is 0.849. The Morgan fingerprint density at radius 3 is 3.00 bits per heavy atom. The molecule has 1 rings (SSSR count). The molecular formula is C6H4BrF2N2O. The molecule has 0 fully saturated rings. The normalized spacial score (nSPS) is 10.7. The predicted molar refractivity (Wildman–Crippen MR) is 39.4 cm³/mol. The zero-order valence-electron chi connectivity index (χ0n) is 5.80. The molecule has 0 unspecified atom stereocenters. The third kappa shape index (κ3) is 3.19. The molecule has 65 valence electrons. The van der Waals surface area contributed by atoms with Crippen LogP contribution in [0.1, 0.15) is 5.82 Å². The fraction of sp³-hybridized carbons (Fsp3) is 0.333. The first kappa shape index (κ1) is 9.47. The number of aromatic nitrogens is 2. The molecule has 0 atom stereocenters. The average molecular weight is 238 g/mol. The van der Waals surface area contributed by atoms with E-state index in [0.717, 1.165) is 0 Å². The molecular weight excluding hydrogens is 234 g/mol. The van der Waals surface area contributed by atoms with Gasteiger partial charge in [-0.1, -0.05) is 0 Å². The Morgan fingerprint density at radius 2 is 2.42 bits per heavy atom. The third-order valence-electron chi connectivity index (χ3n) is 0.963. The minimum atomic E-state index is -2.79. The first-order valence-corrected chi connectivity index (χ1v) is 3.76. The summed E-state index contributed by atoms with van der Waals surface area (Å²) in [7, 11) is 0. The molecule has 12 heavy (non-hydrogen) atoms. The zero-order chi connectivity index (χ0) is 8.97. The Bertz CT molecular complexity index is 259. The van der Waals surface area contributed by atoms with Gasteiger partial charge in [0, 0.05) is 12.3 Å². The summed E-state index contributed by atoms with van der Waals surface area (Å²) in [6, 6.07) is 2.61. The van der Waals surface area contributed by atoms with Crippen LogP contribution in [0.3, 0.4) is 0 Å². The Morgan fingerprint density at radius 1 is 1.67 bits per heavy atom. The van der Waals surface area contributed by atoms with Crippen LogP contribution in [-0.4, -0.2) is 16.6 Å². The van der Waals surface area contributed by atoms with Crippen molar-refractivity contribution in [1.82, 2.24) is 9.97 Å². The predicted octanol–water partition coefficient (Wildman–Crippen LogP) is 1.78. The maximum absolute atomic E-state index is 11.5. The first-order valence-electron chi connectivity index (χ1n) is 2.97. The summed E-state index contributed by atoms with van der Waals surface area (Å²) in [4.78, 5) is 7.39. The number of alkyl halides is 2. The Balaban J connectivity index is 2.52. The lowest BCUT2D eigenvalue weighted by Crippen LogP contribution is -2.03. The second kappa shape index (κ2) is 4.42. The van der Waals surface area contributed by atoms with Gasteiger partial charge in [0.2, 0.25) is 0 Å². The van der Waals surface area contributed by atoms with Crippen molar-refractivity contribution in [3.05, 3.63) is 22.7 Å². The Kier molecular flexibility index (Phi) is 3.48. The van der Waals surface area contributed by atoms with Crippen LogP contribution in [0.4, 0.5) is 8.78 Å². The van der Waals surface area contributed by atoms with Gasteiger partial charge < -0.3 is 4.74 Å². The minimum Gasteiger partial charge on any atom is -0.315 e. The van der Waals surface area contributed by atoms with E-state index in [9.17, 15) is 8.78 Å². The molecule has 1 radical (unpaired) electrons. The maximum Gasteiger partial charge on any atom is 0.345 e. The van der Waals surface area contributed by atoms with E-state index in [1.807, 2.05) is 0 Å². The molecule has 0 spiro atoms. The van der Waals surface area contributed by atoms with Gasteiger partial charge in [0.25, 0.3) is 0 Å². The molecule has 1 aromatic heterocycles. The Hall–Kier alpha value is -0.620. The van der Waals surface area contributed by atoms with Gasteiger partial charge in [-0.05, 0) is 15.9 Å². The summed E-state index contributed by atoms with van der Waals surface area (Å²) in [5, 5.41) is 0. The highest BCUT2D eigenvalue weighted by molar-refractivity contribution is 9.10. The molecule has 0 saturated carbocycles. The van der Waals surface area contributed by atoms with Crippen LogP contribution < -0.4 is 0 Å². The molecule has 0 bridgehead atoms. The van der Waals surface area contributed by atoms with Crippen molar-refractivity contribution in [2.24, 2.45) is 0 Å². The number of rotatable bonds is 3. The minimum absolute atomic E-state index is 0.195. The molecule has 0 aliphatic rings. The highest BCUT2D eigenvalue weighted by Crippen LogP contribution is 2.05. The van der Waals surface area contributed by atoms with Gasteiger partial charge in [-0.2, -0.15) is 8.78 Å². The van der Waals surface area contributed by atoms with Gasteiger partial charge in [-0.3, -0.25) is 0 Å². The largest absolute Gasteiger partial charge is 0.345 e. The van der Waals surface area contributed by atoms with Crippen molar-refractivity contribution in [2.75, 3.05) is 0 Å². The maximum atomic E-state index is 11.5. The number of hydrogen-bond acceptors (Lipinski definition) is 3. The zero-order valence-corrected chi connectivity index (χ0v) is 7.38. The topological polar surface area (TPSA) is 35.0 Å². The molecule has 0 aliphatic heterocycles. The summed E-state index contributed by atoms with van der Waals surface area (Å²) in [5.74, 6) is 0.195. The third-order valence-corrected chi connectivity index (χ3v) is 1.37. The highest BCUT2D eigenvalue weighted by atomic mass is 79.9. The summed E-state index contributed by atoms with van der Waals surface area (Å²) in [6.45, 7) is -3.10. The standard InChI is InChI=1S/C6H4BrF2N2O/c7-4-1-2-10-5(11-4)3-12-6(8)9/h2,6H,3H2. The second-order valence-electron chi connectivity index (χ2n) is 1.79. The SMILES string of the molecule is FC(F)OCc1nc[c]c(Br)n1. The van der Waals surface area contributed by atoms with Crippen LogP contribution in [0.2, 0.25) is 0 Å². The van der Waals surface area contributed by atoms with Crippen LogP contribution in [-0.2, 0) is 11.3 Å². The van der Waals surface area contributed by atoms with Gasteiger partial charge in [0.15, 0.2) is 5.82 Å². The lowest BCUT2D eigenvalue weighted by atomic mass is 10.6. The van der Waals surface area contributed by atoms with Gasteiger partial charge >= 0.3 is 6.61 Å². The number of nitrogens with zero attached hydrogens (tertiary/aromatic N) is 2. The van der Waals surface area contributed by atoms with Crippen molar-refractivity contribution in [3.8, 4) is 0 Å². The molecule has 3 nitrogen and oxygen atoms in total. The van der Waals surface area contributed by atoms with Crippen LogP contribution in [0.15, 0.2) is 10.8 Å². The van der Waals surface area contributed by atoms with Crippen LogP contribution in [0, 0.1) is 6.07 Å². The van der Waals surface area contributed by atoms with E-state index in [1.165, 1.54) is 6.20 Å². The highest BCUT2D eigenvalue weighted by Gasteiger charge is 2.04. The van der Waals surface area contributed by atoms with Gasteiger partial charge in [0.05, 0.1) is 0 Å². The van der Waals surface area contributed by atoms with Crippen molar-refractivity contribution >= 4 is 15.9 Å². The average Bonchev–Trinajstić information content (AvgIpc) is 2.01. The molecule has 1 heterocycles. The van der Waals surface area contributed by atoms with E-state index < -0.39 is 6.61 Å². The van der Waals surface area contributed by atoms with Gasteiger partial charge in [-0.25, -0.2) is 9.97 Å². The van der Waals surface area contributed by atoms with Gasteiger partial charge in [0.1, 0.15) is 11.2 Å². The van der Waals surface area contributed by atoms with E-state index in [4.69, 9.17) is 0 Å². The number of ether oxygens (including phenoxy) is 1. The van der Waals surface area contributed by atoms with Crippen molar-refractivity contribution in [3.63, 3.8) is 0 Å². The van der Waals surface area contributed by atoms with Crippen LogP contribution in [0.5, 0.6) is 0 Å². The monoisotopic (exact) mass is 237 g/mol. The molecule has 0 saturated heterocycles.